The normalized spacial score (nSPS) is 11.3. The van der Waals surface area contributed by atoms with E-state index in [4.69, 9.17) is 9.47 Å². The van der Waals surface area contributed by atoms with Crippen LogP contribution in [0.15, 0.2) is 97.6 Å². The van der Waals surface area contributed by atoms with E-state index in [9.17, 15) is 18.0 Å². The van der Waals surface area contributed by atoms with Crippen LogP contribution in [0.5, 0.6) is 17.2 Å². The molecule has 1 amide bonds. The SMILES string of the molecule is O=C(NCc1cccnc1)c1ccc2c(c1)ncn2-c1cccc(OCCCOc2ccc(OC(F)(F)F)cc2)c1. The Kier molecular flexibility index (Phi) is 8.33. The van der Waals surface area contributed by atoms with E-state index in [1.165, 1.54) is 24.3 Å². The molecular formula is C30H25F3N4O4. The second kappa shape index (κ2) is 12.4. The van der Waals surface area contributed by atoms with Gasteiger partial charge in [0.2, 0.25) is 0 Å². The van der Waals surface area contributed by atoms with Gasteiger partial charge in [-0.25, -0.2) is 4.98 Å². The summed E-state index contributed by atoms with van der Waals surface area (Å²) in [7, 11) is 0. The molecule has 0 aliphatic heterocycles. The molecule has 1 N–H and O–H groups in total. The fraction of sp³-hybridized carbons (Fsp3) is 0.167. The summed E-state index contributed by atoms with van der Waals surface area (Å²) in [5.74, 6) is 0.589. The Morgan fingerprint density at radius 2 is 1.66 bits per heavy atom. The number of carbonyl (C=O) groups is 1. The van der Waals surface area contributed by atoms with Crippen molar-refractivity contribution in [1.82, 2.24) is 19.9 Å². The highest BCUT2D eigenvalue weighted by molar-refractivity contribution is 5.97. The van der Waals surface area contributed by atoms with Crippen molar-refractivity contribution >= 4 is 16.9 Å². The van der Waals surface area contributed by atoms with Crippen molar-refractivity contribution in [3.05, 3.63) is 109 Å². The summed E-state index contributed by atoms with van der Waals surface area (Å²) >= 11 is 0. The van der Waals surface area contributed by atoms with Crippen LogP contribution >= 0.6 is 0 Å². The van der Waals surface area contributed by atoms with Crippen molar-refractivity contribution in [2.75, 3.05) is 13.2 Å². The van der Waals surface area contributed by atoms with Gasteiger partial charge in [-0.05, 0) is 66.2 Å². The maximum atomic E-state index is 12.6. The number of hydrogen-bond acceptors (Lipinski definition) is 6. The molecule has 0 saturated carbocycles. The van der Waals surface area contributed by atoms with E-state index in [2.05, 4.69) is 20.0 Å². The molecule has 0 aliphatic carbocycles. The number of halogens is 3. The average Bonchev–Trinajstić information content (AvgIpc) is 3.40. The number of rotatable bonds is 11. The lowest BCUT2D eigenvalue weighted by molar-refractivity contribution is -0.274. The molecule has 0 saturated heterocycles. The number of aromatic nitrogens is 3. The molecule has 0 atom stereocenters. The number of amides is 1. The Labute approximate surface area is 233 Å². The van der Waals surface area contributed by atoms with Gasteiger partial charge >= 0.3 is 6.36 Å². The lowest BCUT2D eigenvalue weighted by atomic mass is 10.1. The second-order valence-electron chi connectivity index (χ2n) is 8.93. The van der Waals surface area contributed by atoms with Gasteiger partial charge in [-0.1, -0.05) is 12.1 Å². The second-order valence-corrected chi connectivity index (χ2v) is 8.93. The lowest BCUT2D eigenvalue weighted by Crippen LogP contribution is -2.22. The molecule has 0 bridgehead atoms. The van der Waals surface area contributed by atoms with Gasteiger partial charge in [0, 0.05) is 37.0 Å². The van der Waals surface area contributed by atoms with Crippen LogP contribution in [0.4, 0.5) is 13.2 Å². The van der Waals surface area contributed by atoms with Gasteiger partial charge < -0.3 is 19.5 Å². The molecular weight excluding hydrogens is 537 g/mol. The van der Waals surface area contributed by atoms with E-state index in [-0.39, 0.29) is 11.7 Å². The van der Waals surface area contributed by atoms with Crippen molar-refractivity contribution in [3.8, 4) is 22.9 Å². The fourth-order valence-corrected chi connectivity index (χ4v) is 4.05. The molecule has 0 aliphatic rings. The zero-order chi connectivity index (χ0) is 28.7. The van der Waals surface area contributed by atoms with Gasteiger partial charge in [-0.2, -0.15) is 0 Å². The van der Waals surface area contributed by atoms with Gasteiger partial charge in [0.15, 0.2) is 0 Å². The lowest BCUT2D eigenvalue weighted by Gasteiger charge is -2.11. The van der Waals surface area contributed by atoms with Gasteiger partial charge in [0.25, 0.3) is 5.91 Å². The van der Waals surface area contributed by atoms with Gasteiger partial charge in [0.1, 0.15) is 23.6 Å². The van der Waals surface area contributed by atoms with E-state index in [1.807, 2.05) is 47.0 Å². The van der Waals surface area contributed by atoms with Crippen molar-refractivity contribution in [2.24, 2.45) is 0 Å². The summed E-state index contributed by atoms with van der Waals surface area (Å²) in [4.78, 5) is 21.2. The van der Waals surface area contributed by atoms with Crippen LogP contribution in [0.2, 0.25) is 0 Å². The van der Waals surface area contributed by atoms with Crippen LogP contribution in [0.1, 0.15) is 22.3 Å². The van der Waals surface area contributed by atoms with Gasteiger partial charge in [0.05, 0.1) is 29.9 Å². The molecule has 3 aromatic carbocycles. The number of imidazole rings is 1. The van der Waals surface area contributed by atoms with E-state index >= 15 is 0 Å². The molecule has 210 valence electrons. The first-order chi connectivity index (χ1) is 19.8. The van der Waals surface area contributed by atoms with E-state index in [1.54, 1.807) is 30.9 Å². The highest BCUT2D eigenvalue weighted by Gasteiger charge is 2.31. The molecule has 41 heavy (non-hydrogen) atoms. The Morgan fingerprint density at radius 3 is 2.41 bits per heavy atom. The van der Waals surface area contributed by atoms with Gasteiger partial charge in [-0.3, -0.25) is 14.3 Å². The topological polar surface area (TPSA) is 87.5 Å². The van der Waals surface area contributed by atoms with Crippen LogP contribution in [0.25, 0.3) is 16.7 Å². The summed E-state index contributed by atoms with van der Waals surface area (Å²) in [6, 6.07) is 21.8. The number of benzene rings is 3. The summed E-state index contributed by atoms with van der Waals surface area (Å²) in [5, 5.41) is 2.89. The van der Waals surface area contributed by atoms with E-state index in [0.29, 0.717) is 48.8 Å². The minimum absolute atomic E-state index is 0.197. The number of ether oxygens (including phenoxy) is 3. The zero-order valence-electron chi connectivity index (χ0n) is 21.7. The largest absolute Gasteiger partial charge is 0.573 e. The first-order valence-corrected chi connectivity index (χ1v) is 12.7. The standard InChI is InChI=1S/C30H25F3N4O4/c31-30(32,33)41-25-10-8-24(9-11-25)39-14-3-15-40-26-6-1-5-23(17-26)37-20-36-27-16-22(7-12-28(27)37)29(38)35-19-21-4-2-13-34-18-21/h1-2,4-13,16-18,20H,3,14-15,19H2,(H,35,38). The Balaban J connectivity index is 1.13. The Hall–Kier alpha value is -5.06. The van der Waals surface area contributed by atoms with Crippen molar-refractivity contribution in [1.29, 1.82) is 0 Å². The van der Waals surface area contributed by atoms with Crippen molar-refractivity contribution in [3.63, 3.8) is 0 Å². The predicted octanol–water partition coefficient (Wildman–Crippen LogP) is 6.10. The van der Waals surface area contributed by atoms with Crippen molar-refractivity contribution < 1.29 is 32.2 Å². The highest BCUT2D eigenvalue weighted by atomic mass is 19.4. The first-order valence-electron chi connectivity index (χ1n) is 12.7. The molecule has 0 unspecified atom stereocenters. The number of alkyl halides is 3. The fourth-order valence-electron chi connectivity index (χ4n) is 4.05. The molecule has 0 fully saturated rings. The summed E-state index contributed by atoms with van der Waals surface area (Å²) < 4.78 is 54.0. The molecule has 0 radical (unpaired) electrons. The molecule has 5 rings (SSSR count). The Bertz CT molecular complexity index is 1610. The van der Waals surface area contributed by atoms with Crippen LogP contribution in [-0.2, 0) is 6.54 Å². The number of nitrogens with one attached hydrogen (secondary N) is 1. The summed E-state index contributed by atoms with van der Waals surface area (Å²) in [6.07, 6.45) is 0.914. The van der Waals surface area contributed by atoms with Crippen molar-refractivity contribution in [2.45, 2.75) is 19.3 Å². The number of carbonyl (C=O) groups excluding carboxylic acids is 1. The molecule has 0 spiro atoms. The molecule has 11 heteroatoms. The summed E-state index contributed by atoms with van der Waals surface area (Å²) in [6.45, 7) is 1.08. The third-order valence-corrected chi connectivity index (χ3v) is 5.96. The number of fused-ring (bicyclic) bond motifs is 1. The number of nitrogens with zero attached hydrogens (tertiary/aromatic N) is 3. The minimum atomic E-state index is -4.73. The predicted molar refractivity (Wildman–Crippen MR) is 145 cm³/mol. The van der Waals surface area contributed by atoms with Crippen LogP contribution < -0.4 is 19.5 Å². The van der Waals surface area contributed by atoms with Crippen LogP contribution in [0, 0.1) is 0 Å². The zero-order valence-corrected chi connectivity index (χ0v) is 21.7. The van der Waals surface area contributed by atoms with E-state index in [0.717, 1.165) is 16.8 Å². The smallest absolute Gasteiger partial charge is 0.493 e. The van der Waals surface area contributed by atoms with Crippen LogP contribution in [-0.4, -0.2) is 40.0 Å². The molecule has 2 heterocycles. The first kappa shape index (κ1) is 27.5. The third kappa shape index (κ3) is 7.53. The maximum Gasteiger partial charge on any atom is 0.573 e. The monoisotopic (exact) mass is 562 g/mol. The molecule has 5 aromatic rings. The highest BCUT2D eigenvalue weighted by Crippen LogP contribution is 2.25. The number of hydrogen-bond donors (Lipinski definition) is 1. The Morgan fingerprint density at radius 1 is 0.878 bits per heavy atom. The molecule has 2 aromatic heterocycles. The summed E-state index contributed by atoms with van der Waals surface area (Å²) in [5.41, 5.74) is 3.79. The van der Waals surface area contributed by atoms with Crippen LogP contribution in [0.3, 0.4) is 0 Å². The number of pyridine rings is 1. The maximum absolute atomic E-state index is 12.6. The van der Waals surface area contributed by atoms with E-state index < -0.39 is 6.36 Å². The molecule has 8 nitrogen and oxygen atoms in total. The van der Waals surface area contributed by atoms with Gasteiger partial charge in [-0.15, -0.1) is 13.2 Å². The average molecular weight is 563 g/mol. The minimum Gasteiger partial charge on any atom is -0.493 e. The quantitative estimate of drug-likeness (QED) is 0.196. The third-order valence-electron chi connectivity index (χ3n) is 5.96.